The summed E-state index contributed by atoms with van der Waals surface area (Å²) in [7, 11) is 1.66. The fourth-order valence-electron chi connectivity index (χ4n) is 3.31. The second kappa shape index (κ2) is 6.55. The van der Waals surface area contributed by atoms with Gasteiger partial charge in [-0.25, -0.2) is 4.98 Å². The third-order valence-corrected chi connectivity index (χ3v) is 4.65. The Morgan fingerprint density at radius 1 is 1.19 bits per heavy atom. The molecule has 0 saturated carbocycles. The first-order chi connectivity index (χ1) is 12.7. The first-order valence-corrected chi connectivity index (χ1v) is 8.50. The summed E-state index contributed by atoms with van der Waals surface area (Å²) in [5.41, 5.74) is 3.27. The van der Waals surface area contributed by atoms with Gasteiger partial charge in [-0.05, 0) is 30.2 Å². The largest absolute Gasteiger partial charge is 0.510 e. The Hall–Kier alpha value is -3.28. The molecule has 0 atom stereocenters. The Labute approximate surface area is 151 Å². The number of methoxy groups -OCH3 is 1. The maximum absolute atomic E-state index is 10.4. The summed E-state index contributed by atoms with van der Waals surface area (Å²) >= 11 is 0. The number of benzene rings is 2. The van der Waals surface area contributed by atoms with Crippen LogP contribution >= 0.6 is 0 Å². The number of imidazole rings is 1. The molecule has 3 aromatic rings. The molecule has 2 aromatic carbocycles. The molecule has 0 spiro atoms. The first-order valence-electron chi connectivity index (χ1n) is 8.50. The normalized spacial score (nSPS) is 14.5. The summed E-state index contributed by atoms with van der Waals surface area (Å²) in [5, 5.41) is 18.9. The van der Waals surface area contributed by atoms with E-state index in [1.807, 2.05) is 53.4 Å². The van der Waals surface area contributed by atoms with Crippen molar-refractivity contribution < 1.29 is 9.84 Å². The van der Waals surface area contributed by atoms with Crippen LogP contribution < -0.4 is 4.74 Å². The maximum Gasteiger partial charge on any atom is 0.145 e. The van der Waals surface area contributed by atoms with E-state index in [9.17, 15) is 5.11 Å². The van der Waals surface area contributed by atoms with Crippen molar-refractivity contribution >= 4 is 22.4 Å². The van der Waals surface area contributed by atoms with Gasteiger partial charge in [0.05, 0.1) is 30.3 Å². The van der Waals surface area contributed by atoms with Crippen molar-refractivity contribution in [1.29, 1.82) is 5.41 Å². The molecule has 1 aliphatic heterocycles. The van der Waals surface area contributed by atoms with Gasteiger partial charge in [-0.15, -0.1) is 0 Å². The van der Waals surface area contributed by atoms with Crippen molar-refractivity contribution in [1.82, 2.24) is 14.9 Å². The minimum absolute atomic E-state index is 0.175. The Bertz CT molecular complexity index is 973. The number of aliphatic hydroxyl groups excluding tert-OH is 1. The minimum atomic E-state index is 0.175. The van der Waals surface area contributed by atoms with Crippen LogP contribution in [0.3, 0.4) is 0 Å². The van der Waals surface area contributed by atoms with Gasteiger partial charge in [0.1, 0.15) is 23.2 Å². The van der Waals surface area contributed by atoms with Crippen LogP contribution in [-0.2, 0) is 6.42 Å². The second-order valence-corrected chi connectivity index (χ2v) is 6.26. The van der Waals surface area contributed by atoms with Crippen LogP contribution in [0.4, 0.5) is 0 Å². The number of amidine groups is 1. The van der Waals surface area contributed by atoms with Crippen LogP contribution in [0.25, 0.3) is 16.6 Å². The highest BCUT2D eigenvalue weighted by Crippen LogP contribution is 2.27. The Balaban J connectivity index is 1.53. The van der Waals surface area contributed by atoms with Gasteiger partial charge in [-0.1, -0.05) is 30.3 Å². The molecule has 0 amide bonds. The number of nitrogens with zero attached hydrogens (tertiary/aromatic N) is 2. The molecule has 0 aliphatic carbocycles. The van der Waals surface area contributed by atoms with Gasteiger partial charge in [0.15, 0.2) is 0 Å². The van der Waals surface area contributed by atoms with Crippen molar-refractivity contribution in [3.63, 3.8) is 0 Å². The number of hydrogen-bond acceptors (Lipinski definition) is 4. The number of ether oxygens (including phenoxy) is 1. The molecule has 2 heterocycles. The van der Waals surface area contributed by atoms with Crippen molar-refractivity contribution in [2.24, 2.45) is 0 Å². The predicted octanol–water partition coefficient (Wildman–Crippen LogP) is 3.38. The average Bonchev–Trinajstić information content (AvgIpc) is 3.20. The molecule has 6 heteroatoms. The first kappa shape index (κ1) is 16.2. The van der Waals surface area contributed by atoms with Crippen LogP contribution in [0.5, 0.6) is 5.75 Å². The van der Waals surface area contributed by atoms with Gasteiger partial charge < -0.3 is 19.7 Å². The molecule has 4 rings (SSSR count). The monoisotopic (exact) mass is 348 g/mol. The van der Waals surface area contributed by atoms with E-state index in [0.717, 1.165) is 28.8 Å². The lowest BCUT2D eigenvalue weighted by atomic mass is 10.1. The predicted molar refractivity (Wildman–Crippen MR) is 102 cm³/mol. The van der Waals surface area contributed by atoms with Crippen molar-refractivity contribution in [3.8, 4) is 5.75 Å². The van der Waals surface area contributed by atoms with E-state index in [4.69, 9.17) is 10.1 Å². The summed E-state index contributed by atoms with van der Waals surface area (Å²) in [6.45, 7) is 0.938. The number of aliphatic hydroxyl groups is 1. The van der Waals surface area contributed by atoms with E-state index in [0.29, 0.717) is 24.5 Å². The van der Waals surface area contributed by atoms with Gasteiger partial charge in [0.25, 0.3) is 0 Å². The Kier molecular flexibility index (Phi) is 4.08. The summed E-state index contributed by atoms with van der Waals surface area (Å²) < 4.78 is 5.39. The van der Waals surface area contributed by atoms with E-state index in [1.165, 1.54) is 0 Å². The van der Waals surface area contributed by atoms with Crippen LogP contribution in [-0.4, -0.2) is 46.0 Å². The zero-order valence-corrected chi connectivity index (χ0v) is 14.5. The highest BCUT2D eigenvalue weighted by molar-refractivity contribution is 6.23. The lowest BCUT2D eigenvalue weighted by Crippen LogP contribution is -2.29. The highest BCUT2D eigenvalue weighted by Gasteiger charge is 2.30. The highest BCUT2D eigenvalue weighted by atomic mass is 16.5. The molecule has 0 saturated heterocycles. The molecule has 3 N–H and O–H groups in total. The molecule has 0 radical (unpaired) electrons. The fraction of sp³-hybridized carbons (Fsp3) is 0.200. The van der Waals surface area contributed by atoms with Crippen molar-refractivity contribution in [2.75, 3.05) is 20.2 Å². The number of aromatic nitrogens is 2. The molecular weight excluding hydrogens is 328 g/mol. The Morgan fingerprint density at radius 3 is 2.77 bits per heavy atom. The van der Waals surface area contributed by atoms with Crippen LogP contribution in [0.2, 0.25) is 0 Å². The number of para-hydroxylation sites is 3. The van der Waals surface area contributed by atoms with Crippen LogP contribution in [0, 0.1) is 5.41 Å². The van der Waals surface area contributed by atoms with Gasteiger partial charge in [0.2, 0.25) is 0 Å². The summed E-state index contributed by atoms with van der Waals surface area (Å²) in [6, 6.07) is 15.5. The molecule has 0 unspecified atom stereocenters. The van der Waals surface area contributed by atoms with Crippen LogP contribution in [0.15, 0.2) is 54.3 Å². The van der Waals surface area contributed by atoms with E-state index in [1.54, 1.807) is 7.11 Å². The van der Waals surface area contributed by atoms with E-state index >= 15 is 0 Å². The number of rotatable bonds is 5. The fourth-order valence-corrected chi connectivity index (χ4v) is 3.31. The van der Waals surface area contributed by atoms with Crippen LogP contribution in [0.1, 0.15) is 11.4 Å². The SMILES string of the molecule is COc1ccccc1CCN1CC(O)=C(c2nc3ccccc3[nH]2)C1=N. The van der Waals surface area contributed by atoms with Crippen molar-refractivity contribution in [3.05, 3.63) is 65.7 Å². The summed E-state index contributed by atoms with van der Waals surface area (Å²) in [5.74, 6) is 1.84. The molecule has 132 valence electrons. The molecular formula is C20H20N4O2. The molecule has 26 heavy (non-hydrogen) atoms. The van der Waals surface area contributed by atoms with E-state index in [2.05, 4.69) is 9.97 Å². The third-order valence-electron chi connectivity index (χ3n) is 4.65. The number of hydrogen-bond donors (Lipinski definition) is 3. The van der Waals surface area contributed by atoms with Gasteiger partial charge in [0, 0.05) is 6.54 Å². The lowest BCUT2D eigenvalue weighted by Gasteiger charge is -2.19. The second-order valence-electron chi connectivity index (χ2n) is 6.26. The maximum atomic E-state index is 10.4. The zero-order chi connectivity index (χ0) is 18.1. The molecule has 0 bridgehead atoms. The summed E-state index contributed by atoms with van der Waals surface area (Å²) in [6.07, 6.45) is 0.729. The summed E-state index contributed by atoms with van der Waals surface area (Å²) in [4.78, 5) is 9.56. The van der Waals surface area contributed by atoms with Gasteiger partial charge >= 0.3 is 0 Å². The molecule has 0 fully saturated rings. The average molecular weight is 348 g/mol. The number of H-pyrrole nitrogens is 1. The Morgan fingerprint density at radius 2 is 1.96 bits per heavy atom. The van der Waals surface area contributed by atoms with E-state index < -0.39 is 0 Å². The van der Waals surface area contributed by atoms with E-state index in [-0.39, 0.29) is 11.6 Å². The zero-order valence-electron chi connectivity index (χ0n) is 14.5. The molecule has 1 aliphatic rings. The molecule has 1 aromatic heterocycles. The topological polar surface area (TPSA) is 85.2 Å². The number of aromatic amines is 1. The number of nitrogens with one attached hydrogen (secondary N) is 2. The third kappa shape index (κ3) is 2.79. The van der Waals surface area contributed by atoms with Crippen molar-refractivity contribution in [2.45, 2.75) is 6.42 Å². The quantitative estimate of drug-likeness (QED) is 0.660. The smallest absolute Gasteiger partial charge is 0.145 e. The lowest BCUT2D eigenvalue weighted by molar-refractivity contribution is 0.349. The van der Waals surface area contributed by atoms with Gasteiger partial charge in [-0.2, -0.15) is 0 Å². The standard InChI is InChI=1S/C20H20N4O2/c1-26-17-9-5-2-6-13(17)10-11-24-12-16(25)18(19(24)21)20-22-14-7-3-4-8-15(14)23-20/h2-9,21,25H,10-12H2,1H3,(H,22,23). The number of fused-ring (bicyclic) bond motifs is 1. The van der Waals surface area contributed by atoms with Gasteiger partial charge in [-0.3, -0.25) is 5.41 Å². The molecule has 6 nitrogen and oxygen atoms in total. The minimum Gasteiger partial charge on any atom is -0.510 e.